The highest BCUT2D eigenvalue weighted by Gasteiger charge is 2.21. The van der Waals surface area contributed by atoms with Crippen LogP contribution in [-0.2, 0) is 30.6 Å². The molecule has 0 fully saturated rings. The number of hydrogen-bond donors (Lipinski definition) is 1. The molecule has 3 amide bonds. The number of benzene rings is 1. The molecule has 0 saturated carbocycles. The Morgan fingerprint density at radius 3 is 2.40 bits per heavy atom. The summed E-state index contributed by atoms with van der Waals surface area (Å²) in [6.07, 6.45) is -0.323. The molecule has 0 aromatic heterocycles. The maximum Gasteiger partial charge on any atom is 0.407 e. The molecule has 0 bridgehead atoms. The fourth-order valence-corrected chi connectivity index (χ4v) is 1.78. The van der Waals surface area contributed by atoms with Gasteiger partial charge in [0.15, 0.2) is 0 Å². The molecule has 8 heteroatoms. The number of hydrogen-bond acceptors (Lipinski definition) is 6. The van der Waals surface area contributed by atoms with E-state index in [1.54, 1.807) is 6.92 Å². The second kappa shape index (κ2) is 10.8. The summed E-state index contributed by atoms with van der Waals surface area (Å²) in [5, 5.41) is 2.95. The van der Waals surface area contributed by atoms with Crippen LogP contribution in [0.15, 0.2) is 30.3 Å². The maximum absolute atomic E-state index is 11.6. The second-order valence-corrected chi connectivity index (χ2v) is 5.12. The minimum atomic E-state index is -0.726. The van der Waals surface area contributed by atoms with E-state index >= 15 is 0 Å². The molecule has 1 aromatic rings. The van der Waals surface area contributed by atoms with Crippen LogP contribution >= 0.6 is 0 Å². The van der Waals surface area contributed by atoms with Crippen LogP contribution < -0.4 is 5.32 Å². The van der Waals surface area contributed by atoms with Crippen molar-refractivity contribution in [3.63, 3.8) is 0 Å². The van der Waals surface area contributed by atoms with Gasteiger partial charge in [-0.15, -0.1) is 5.06 Å². The van der Waals surface area contributed by atoms with Crippen LogP contribution in [0.4, 0.5) is 4.79 Å². The van der Waals surface area contributed by atoms with E-state index in [-0.39, 0.29) is 32.4 Å². The van der Waals surface area contributed by atoms with Gasteiger partial charge >= 0.3 is 12.1 Å². The van der Waals surface area contributed by atoms with E-state index in [1.165, 1.54) is 0 Å². The van der Waals surface area contributed by atoms with E-state index in [1.807, 2.05) is 30.3 Å². The molecule has 1 N–H and O–H groups in total. The van der Waals surface area contributed by atoms with Crippen molar-refractivity contribution in [1.82, 2.24) is 10.4 Å². The Labute approximate surface area is 146 Å². The Kier molecular flexibility index (Phi) is 8.70. The summed E-state index contributed by atoms with van der Waals surface area (Å²) < 4.78 is 5.01. The number of amides is 3. The van der Waals surface area contributed by atoms with Gasteiger partial charge in [0.2, 0.25) is 0 Å². The summed E-state index contributed by atoms with van der Waals surface area (Å²) in [6.45, 7) is 3.04. The molecule has 0 unspecified atom stereocenters. The van der Waals surface area contributed by atoms with Crippen LogP contribution in [0.5, 0.6) is 0 Å². The Bertz CT molecular complexity index is 602. The number of carbonyl (C=O) groups excluding carboxylic acids is 4. The van der Waals surface area contributed by atoms with E-state index in [4.69, 9.17) is 9.57 Å². The molecule has 25 heavy (non-hydrogen) atoms. The molecule has 0 aliphatic heterocycles. The zero-order valence-corrected chi connectivity index (χ0v) is 14.3. The lowest BCUT2D eigenvalue weighted by molar-refractivity contribution is -0.201. The topological polar surface area (TPSA) is 102 Å². The Balaban J connectivity index is 2.21. The average Bonchev–Trinajstić information content (AvgIpc) is 2.61. The van der Waals surface area contributed by atoms with Crippen molar-refractivity contribution in [1.29, 1.82) is 0 Å². The van der Waals surface area contributed by atoms with E-state index in [0.717, 1.165) is 12.5 Å². The summed E-state index contributed by atoms with van der Waals surface area (Å²) in [4.78, 5) is 50.6. The monoisotopic (exact) mass is 350 g/mol. The summed E-state index contributed by atoms with van der Waals surface area (Å²) in [6, 6.07) is 9.22. The van der Waals surface area contributed by atoms with Crippen molar-refractivity contribution in [3.8, 4) is 0 Å². The standard InChI is InChI=1S/C17H22N2O6/c1-3-15(21)19(13(2)20)25-16(22)10-7-11-18-17(23)24-12-14-8-5-4-6-9-14/h4-6,8-9H,3,7,10-12H2,1-2H3,(H,18,23). The molecular formula is C17H22N2O6. The van der Waals surface area contributed by atoms with Gasteiger partial charge < -0.3 is 14.9 Å². The van der Waals surface area contributed by atoms with Crippen molar-refractivity contribution in [2.45, 2.75) is 39.7 Å². The molecule has 136 valence electrons. The zero-order valence-electron chi connectivity index (χ0n) is 14.3. The van der Waals surface area contributed by atoms with Crippen LogP contribution in [0.2, 0.25) is 0 Å². The van der Waals surface area contributed by atoms with Gasteiger partial charge in [-0.3, -0.25) is 9.59 Å². The Morgan fingerprint density at radius 2 is 1.80 bits per heavy atom. The first-order chi connectivity index (χ1) is 11.9. The number of nitrogens with one attached hydrogen (secondary N) is 1. The number of ether oxygens (including phenoxy) is 1. The maximum atomic E-state index is 11.6. The highest BCUT2D eigenvalue weighted by atomic mass is 16.7. The summed E-state index contributed by atoms with van der Waals surface area (Å²) in [5.74, 6) is -1.98. The van der Waals surface area contributed by atoms with Gasteiger partial charge in [0.1, 0.15) is 6.61 Å². The van der Waals surface area contributed by atoms with Crippen LogP contribution in [0, 0.1) is 0 Å². The van der Waals surface area contributed by atoms with Crippen LogP contribution in [0.3, 0.4) is 0 Å². The first kappa shape index (κ1) is 20.1. The number of alkyl carbamates (subject to hydrolysis) is 1. The molecule has 1 rings (SSSR count). The third-order valence-corrected chi connectivity index (χ3v) is 3.05. The predicted octanol–water partition coefficient (Wildman–Crippen LogP) is 1.94. The van der Waals surface area contributed by atoms with Crippen molar-refractivity contribution in [2.24, 2.45) is 0 Å². The first-order valence-corrected chi connectivity index (χ1v) is 7.93. The molecular weight excluding hydrogens is 328 g/mol. The highest BCUT2D eigenvalue weighted by molar-refractivity contribution is 5.93. The second-order valence-electron chi connectivity index (χ2n) is 5.12. The molecule has 1 aromatic carbocycles. The third kappa shape index (κ3) is 7.96. The highest BCUT2D eigenvalue weighted by Crippen LogP contribution is 2.02. The van der Waals surface area contributed by atoms with Crippen molar-refractivity contribution in [3.05, 3.63) is 35.9 Å². The van der Waals surface area contributed by atoms with E-state index in [2.05, 4.69) is 5.32 Å². The number of carbonyl (C=O) groups is 4. The largest absolute Gasteiger partial charge is 0.445 e. The fraction of sp³-hybridized carbons (Fsp3) is 0.412. The quantitative estimate of drug-likeness (QED) is 0.595. The van der Waals surface area contributed by atoms with E-state index in [0.29, 0.717) is 5.06 Å². The Morgan fingerprint density at radius 1 is 1.12 bits per heavy atom. The molecule has 0 aliphatic rings. The van der Waals surface area contributed by atoms with Gasteiger partial charge in [0.25, 0.3) is 11.8 Å². The summed E-state index contributed by atoms with van der Waals surface area (Å²) in [7, 11) is 0. The van der Waals surface area contributed by atoms with Gasteiger partial charge in [0, 0.05) is 26.3 Å². The third-order valence-electron chi connectivity index (χ3n) is 3.05. The normalized spacial score (nSPS) is 9.84. The molecule has 0 heterocycles. The minimum Gasteiger partial charge on any atom is -0.445 e. The van der Waals surface area contributed by atoms with Crippen LogP contribution in [-0.4, -0.2) is 35.5 Å². The zero-order chi connectivity index (χ0) is 18.7. The van der Waals surface area contributed by atoms with Gasteiger partial charge in [-0.05, 0) is 12.0 Å². The molecule has 8 nitrogen and oxygen atoms in total. The van der Waals surface area contributed by atoms with Gasteiger partial charge in [-0.25, -0.2) is 9.59 Å². The number of imide groups is 1. The average molecular weight is 350 g/mol. The summed E-state index contributed by atoms with van der Waals surface area (Å²) in [5.41, 5.74) is 0.867. The fourth-order valence-electron chi connectivity index (χ4n) is 1.78. The van der Waals surface area contributed by atoms with E-state index in [9.17, 15) is 19.2 Å². The minimum absolute atomic E-state index is 0.0433. The van der Waals surface area contributed by atoms with Gasteiger partial charge in [-0.2, -0.15) is 0 Å². The summed E-state index contributed by atoms with van der Waals surface area (Å²) >= 11 is 0. The molecule has 0 saturated heterocycles. The Hall–Kier alpha value is -2.90. The van der Waals surface area contributed by atoms with Gasteiger partial charge in [-0.1, -0.05) is 37.3 Å². The number of rotatable bonds is 7. The lowest BCUT2D eigenvalue weighted by Gasteiger charge is -2.16. The van der Waals surface area contributed by atoms with Crippen molar-refractivity contribution in [2.75, 3.05) is 6.54 Å². The van der Waals surface area contributed by atoms with Crippen molar-refractivity contribution < 1.29 is 28.8 Å². The number of hydroxylamine groups is 2. The first-order valence-electron chi connectivity index (χ1n) is 7.93. The molecule has 0 atom stereocenters. The van der Waals surface area contributed by atoms with E-state index < -0.39 is 23.9 Å². The molecule has 0 spiro atoms. The van der Waals surface area contributed by atoms with Gasteiger partial charge in [0.05, 0.1) is 0 Å². The molecule has 0 radical (unpaired) electrons. The lowest BCUT2D eigenvalue weighted by Crippen LogP contribution is -2.37. The smallest absolute Gasteiger partial charge is 0.407 e. The van der Waals surface area contributed by atoms with Crippen molar-refractivity contribution >= 4 is 23.9 Å². The SMILES string of the molecule is CCC(=O)N(OC(=O)CCCNC(=O)OCc1ccccc1)C(C)=O. The lowest BCUT2D eigenvalue weighted by atomic mass is 10.2. The predicted molar refractivity (Wildman–Crippen MR) is 87.8 cm³/mol. The van der Waals surface area contributed by atoms with Crippen LogP contribution in [0.25, 0.3) is 0 Å². The number of nitrogens with zero attached hydrogens (tertiary/aromatic N) is 1. The molecule has 0 aliphatic carbocycles. The van der Waals surface area contributed by atoms with Crippen LogP contribution in [0.1, 0.15) is 38.7 Å².